The molecule has 0 amide bonds. The van der Waals surface area contributed by atoms with Gasteiger partial charge in [-0.25, -0.2) is 0 Å². The third-order valence-electron chi connectivity index (χ3n) is 7.15. The van der Waals surface area contributed by atoms with Crippen LogP contribution in [0.4, 0.5) is 0 Å². The van der Waals surface area contributed by atoms with Crippen LogP contribution in [-0.4, -0.2) is 32.5 Å². The lowest BCUT2D eigenvalue weighted by Gasteiger charge is -2.16. The van der Waals surface area contributed by atoms with Gasteiger partial charge in [0.15, 0.2) is 0 Å². The molecule has 0 N–H and O–H groups in total. The summed E-state index contributed by atoms with van der Waals surface area (Å²) in [7, 11) is 0. The Morgan fingerprint density at radius 3 is 1.28 bits per heavy atom. The second-order valence-electron chi connectivity index (χ2n) is 10.8. The molecule has 0 spiro atoms. The summed E-state index contributed by atoms with van der Waals surface area (Å²) < 4.78 is 11.8. The Labute approximate surface area is 225 Å². The molecule has 0 radical (unpaired) electrons. The molecule has 0 saturated carbocycles. The lowest BCUT2D eigenvalue weighted by Crippen LogP contribution is -2.24. The minimum Gasteiger partial charge on any atom is -0.379 e. The molecule has 0 aromatic heterocycles. The average molecular weight is 510 g/mol. The van der Waals surface area contributed by atoms with Crippen LogP contribution in [0, 0.1) is 0 Å². The van der Waals surface area contributed by atoms with Gasteiger partial charge in [0.25, 0.3) is 0 Å². The van der Waals surface area contributed by atoms with E-state index in [1.807, 2.05) is 0 Å². The Morgan fingerprint density at radius 2 is 0.889 bits per heavy atom. The van der Waals surface area contributed by atoms with Gasteiger partial charge in [-0.15, -0.1) is 0 Å². The van der Waals surface area contributed by atoms with Crippen molar-refractivity contribution in [3.63, 3.8) is 0 Å². The van der Waals surface area contributed by atoms with Crippen molar-refractivity contribution in [1.29, 1.82) is 0 Å². The molecule has 0 fully saturated rings. The van der Waals surface area contributed by atoms with E-state index in [0.717, 1.165) is 26.1 Å². The highest BCUT2D eigenvalue weighted by molar-refractivity contribution is 4.62. The molecular formula is C31H63N3O2. The lowest BCUT2D eigenvalue weighted by atomic mass is 10.1. The Hall–Kier alpha value is -0.770. The van der Waals surface area contributed by atoms with Crippen LogP contribution in [0.3, 0.4) is 0 Å². The maximum absolute atomic E-state index is 8.66. The Bertz CT molecular complexity index is 455. The summed E-state index contributed by atoms with van der Waals surface area (Å²) in [6.45, 7) is 6.99. The third kappa shape index (κ3) is 29.5. The maximum Gasteiger partial charge on any atom is 0.0864 e. The minimum atomic E-state index is -0.106. The van der Waals surface area contributed by atoms with E-state index in [2.05, 4.69) is 23.9 Å². The first-order valence-electron chi connectivity index (χ1n) is 16.0. The molecule has 36 heavy (non-hydrogen) atoms. The largest absolute Gasteiger partial charge is 0.379 e. The van der Waals surface area contributed by atoms with Gasteiger partial charge in [-0.1, -0.05) is 160 Å². The average Bonchev–Trinajstić information content (AvgIpc) is 2.89. The zero-order chi connectivity index (χ0) is 26.2. The van der Waals surface area contributed by atoms with Crippen molar-refractivity contribution in [2.75, 3.05) is 26.4 Å². The van der Waals surface area contributed by atoms with E-state index < -0.39 is 0 Å². The fourth-order valence-corrected chi connectivity index (χ4v) is 4.73. The van der Waals surface area contributed by atoms with Crippen LogP contribution in [-0.2, 0) is 9.47 Å². The zero-order valence-corrected chi connectivity index (χ0v) is 24.5. The number of ether oxygens (including phenoxy) is 2. The van der Waals surface area contributed by atoms with Crippen molar-refractivity contribution in [2.45, 2.75) is 174 Å². The summed E-state index contributed by atoms with van der Waals surface area (Å²) in [4.78, 5) is 2.90. The molecule has 214 valence electrons. The molecule has 0 heterocycles. The van der Waals surface area contributed by atoms with E-state index >= 15 is 0 Å². The molecule has 0 saturated heterocycles. The van der Waals surface area contributed by atoms with Crippen LogP contribution in [0.2, 0.25) is 0 Å². The molecule has 5 nitrogen and oxygen atoms in total. The second kappa shape index (κ2) is 32.3. The van der Waals surface area contributed by atoms with Gasteiger partial charge in [0.2, 0.25) is 0 Å². The van der Waals surface area contributed by atoms with Gasteiger partial charge in [-0.2, -0.15) is 0 Å². The van der Waals surface area contributed by atoms with Crippen molar-refractivity contribution in [3.8, 4) is 0 Å². The number of unbranched alkanes of at least 4 members (excludes halogenated alkanes) is 22. The molecule has 1 unspecified atom stereocenters. The van der Waals surface area contributed by atoms with Crippen molar-refractivity contribution in [1.82, 2.24) is 0 Å². The summed E-state index contributed by atoms with van der Waals surface area (Å²) in [5, 5.41) is 3.71. The van der Waals surface area contributed by atoms with Gasteiger partial charge in [-0.05, 0) is 18.4 Å². The van der Waals surface area contributed by atoms with Gasteiger partial charge in [-0.3, -0.25) is 0 Å². The molecule has 0 rings (SSSR count). The highest BCUT2D eigenvalue weighted by Gasteiger charge is 2.08. The smallest absolute Gasteiger partial charge is 0.0864 e. The Kier molecular flexibility index (Phi) is 31.6. The van der Waals surface area contributed by atoms with Crippen LogP contribution in [0.1, 0.15) is 168 Å². The number of nitrogens with zero attached hydrogens (tertiary/aromatic N) is 3. The predicted octanol–water partition coefficient (Wildman–Crippen LogP) is 11.1. The number of hydrogen-bond donors (Lipinski definition) is 0. The van der Waals surface area contributed by atoms with Crippen molar-refractivity contribution in [2.24, 2.45) is 5.11 Å². The zero-order valence-electron chi connectivity index (χ0n) is 24.5. The Balaban J connectivity index is 3.49. The normalized spacial score (nSPS) is 12.1. The SMILES string of the molecule is CCCCCCCCCCCCCCOCC(CN=[N+]=[N-])OCCCCCCCCCCCCCC. The van der Waals surface area contributed by atoms with Crippen LogP contribution < -0.4 is 0 Å². The monoisotopic (exact) mass is 509 g/mol. The van der Waals surface area contributed by atoms with Gasteiger partial charge in [0, 0.05) is 18.1 Å². The van der Waals surface area contributed by atoms with E-state index in [0.29, 0.717) is 13.2 Å². The quantitative estimate of drug-likeness (QED) is 0.0403. The van der Waals surface area contributed by atoms with E-state index in [9.17, 15) is 0 Å². The van der Waals surface area contributed by atoms with Crippen molar-refractivity contribution >= 4 is 0 Å². The van der Waals surface area contributed by atoms with Gasteiger partial charge >= 0.3 is 0 Å². The summed E-state index contributed by atoms with van der Waals surface area (Å²) >= 11 is 0. The van der Waals surface area contributed by atoms with Crippen LogP contribution in [0.25, 0.3) is 10.4 Å². The molecule has 0 bridgehead atoms. The third-order valence-corrected chi connectivity index (χ3v) is 7.15. The lowest BCUT2D eigenvalue weighted by molar-refractivity contribution is -0.0135. The van der Waals surface area contributed by atoms with Crippen molar-refractivity contribution in [3.05, 3.63) is 10.4 Å². The highest BCUT2D eigenvalue weighted by atomic mass is 16.5. The maximum atomic E-state index is 8.66. The first-order chi connectivity index (χ1) is 17.8. The minimum absolute atomic E-state index is 0.106. The van der Waals surface area contributed by atoms with E-state index in [4.69, 9.17) is 15.0 Å². The van der Waals surface area contributed by atoms with Crippen LogP contribution >= 0.6 is 0 Å². The number of rotatable bonds is 31. The molecule has 5 heteroatoms. The van der Waals surface area contributed by atoms with Crippen molar-refractivity contribution < 1.29 is 9.47 Å². The fraction of sp³-hybridized carbons (Fsp3) is 1.00. The van der Waals surface area contributed by atoms with Crippen LogP contribution in [0.15, 0.2) is 5.11 Å². The highest BCUT2D eigenvalue weighted by Crippen LogP contribution is 2.13. The summed E-state index contributed by atoms with van der Waals surface area (Å²) in [5.74, 6) is 0. The number of hydrogen-bond acceptors (Lipinski definition) is 3. The fourth-order valence-electron chi connectivity index (χ4n) is 4.73. The molecule has 0 aliphatic rings. The number of azide groups is 1. The molecule has 0 aliphatic carbocycles. The first kappa shape index (κ1) is 35.2. The van der Waals surface area contributed by atoms with E-state index in [1.165, 1.54) is 141 Å². The van der Waals surface area contributed by atoms with Gasteiger partial charge < -0.3 is 9.47 Å². The molecule has 0 aromatic rings. The van der Waals surface area contributed by atoms with Crippen LogP contribution in [0.5, 0.6) is 0 Å². The van der Waals surface area contributed by atoms with Gasteiger partial charge in [0.1, 0.15) is 0 Å². The standard InChI is InChI=1S/C31H63N3O2/c1-3-5-7-9-11-13-15-17-19-21-23-25-27-35-30-31(29-33-34-32)36-28-26-24-22-20-18-16-14-12-10-8-6-4-2/h31H,3-30H2,1-2H3. The summed E-state index contributed by atoms with van der Waals surface area (Å²) in [6.07, 6.45) is 32.3. The molecule has 0 aromatic carbocycles. The molecule has 0 aliphatic heterocycles. The van der Waals surface area contributed by atoms with E-state index in [-0.39, 0.29) is 6.10 Å². The molecular weight excluding hydrogens is 446 g/mol. The first-order valence-corrected chi connectivity index (χ1v) is 16.0. The summed E-state index contributed by atoms with van der Waals surface area (Å²) in [5.41, 5.74) is 8.66. The second-order valence-corrected chi connectivity index (χ2v) is 10.8. The summed E-state index contributed by atoms with van der Waals surface area (Å²) in [6, 6.07) is 0. The van der Waals surface area contributed by atoms with Gasteiger partial charge in [0.05, 0.1) is 19.3 Å². The topological polar surface area (TPSA) is 67.2 Å². The molecule has 1 atom stereocenters. The predicted molar refractivity (Wildman–Crippen MR) is 157 cm³/mol. The van der Waals surface area contributed by atoms with E-state index in [1.54, 1.807) is 0 Å². The Morgan fingerprint density at radius 1 is 0.528 bits per heavy atom.